The zero-order valence-corrected chi connectivity index (χ0v) is 27.2. The molecule has 5 aromatic rings. The van der Waals surface area contributed by atoms with E-state index in [1.165, 1.54) is 11.8 Å². The van der Waals surface area contributed by atoms with Crippen LogP contribution in [-0.2, 0) is 32.2 Å². The van der Waals surface area contributed by atoms with Gasteiger partial charge in [-0.2, -0.15) is 4.68 Å². The molecule has 0 radical (unpaired) electrons. The van der Waals surface area contributed by atoms with E-state index in [1.54, 1.807) is 28.9 Å². The standard InChI is InChI=1S/C36H35N5O7S/c42-21-23-4-6-26(7-5-23)32-19-31(22-49-36-38-39-40-41(36)29-12-14-30(43)15-13-29)47-35(48-32)27-10-8-25(9-11-27)28-3-1-2-24(18-28)20-37-33(44)16-17-34(45)46/h1-15,18,31-32,35,42-43H,16-17,19-22H2,(H,37,44)(H,45,46). The van der Waals surface area contributed by atoms with E-state index in [0.29, 0.717) is 23.9 Å². The number of carboxylic acid groups (broad SMARTS) is 1. The Morgan fingerprint density at radius 3 is 2.37 bits per heavy atom. The number of aliphatic hydroxyl groups is 1. The van der Waals surface area contributed by atoms with Crippen molar-refractivity contribution in [1.82, 2.24) is 25.5 Å². The third-order valence-corrected chi connectivity index (χ3v) is 9.10. The van der Waals surface area contributed by atoms with Crippen molar-refractivity contribution in [3.05, 3.63) is 119 Å². The molecule has 2 heterocycles. The third-order valence-electron chi connectivity index (χ3n) is 8.05. The van der Waals surface area contributed by atoms with E-state index in [2.05, 4.69) is 20.8 Å². The summed E-state index contributed by atoms with van der Waals surface area (Å²) >= 11 is 1.47. The van der Waals surface area contributed by atoms with Crippen molar-refractivity contribution in [3.63, 3.8) is 0 Å². The number of thioether (sulfide) groups is 1. The van der Waals surface area contributed by atoms with E-state index < -0.39 is 12.3 Å². The first-order valence-electron chi connectivity index (χ1n) is 15.7. The molecule has 0 spiro atoms. The fraction of sp³-hybridized carbons (Fsp3) is 0.250. The number of rotatable bonds is 13. The fourth-order valence-corrected chi connectivity index (χ4v) is 6.33. The van der Waals surface area contributed by atoms with Crippen LogP contribution in [0.1, 0.15) is 53.9 Å². The van der Waals surface area contributed by atoms with Crippen LogP contribution in [-0.4, -0.2) is 59.3 Å². The van der Waals surface area contributed by atoms with Gasteiger partial charge in [-0.25, -0.2) is 0 Å². The summed E-state index contributed by atoms with van der Waals surface area (Å²) in [6, 6.07) is 30.1. The quantitative estimate of drug-likeness (QED) is 0.118. The van der Waals surface area contributed by atoms with Gasteiger partial charge < -0.3 is 30.1 Å². The van der Waals surface area contributed by atoms with E-state index >= 15 is 0 Å². The van der Waals surface area contributed by atoms with E-state index in [-0.39, 0.29) is 43.3 Å². The topological polar surface area (TPSA) is 169 Å². The molecule has 1 fully saturated rings. The molecule has 13 heteroatoms. The van der Waals surface area contributed by atoms with Crippen molar-refractivity contribution in [3.8, 4) is 22.6 Å². The molecule has 1 aliphatic rings. The lowest BCUT2D eigenvalue weighted by Crippen LogP contribution is -2.31. The summed E-state index contributed by atoms with van der Waals surface area (Å²) in [4.78, 5) is 22.7. The number of carbonyl (C=O) groups is 2. The molecular weight excluding hydrogens is 646 g/mol. The molecule has 12 nitrogen and oxygen atoms in total. The molecule has 4 aromatic carbocycles. The summed E-state index contributed by atoms with van der Waals surface area (Å²) in [5, 5.41) is 43.6. The Kier molecular flexibility index (Phi) is 11.0. The number of aliphatic carboxylic acids is 1. The van der Waals surface area contributed by atoms with Gasteiger partial charge in [-0.3, -0.25) is 9.59 Å². The number of phenolic OH excluding ortho intramolecular Hbond substituents is 1. The summed E-state index contributed by atoms with van der Waals surface area (Å²) in [5.41, 5.74) is 6.23. The molecule has 252 valence electrons. The molecule has 1 amide bonds. The van der Waals surface area contributed by atoms with Crippen LogP contribution in [0.15, 0.2) is 102 Å². The highest BCUT2D eigenvalue weighted by atomic mass is 32.2. The lowest BCUT2D eigenvalue weighted by molar-refractivity contribution is -0.245. The van der Waals surface area contributed by atoms with Crippen molar-refractivity contribution in [2.75, 3.05) is 5.75 Å². The second-order valence-corrected chi connectivity index (χ2v) is 12.5. The van der Waals surface area contributed by atoms with Crippen molar-refractivity contribution >= 4 is 23.6 Å². The first kappa shape index (κ1) is 33.8. The molecule has 6 rings (SSSR count). The molecule has 0 aliphatic carbocycles. The summed E-state index contributed by atoms with van der Waals surface area (Å²) in [6.07, 6.45) is -0.776. The zero-order valence-electron chi connectivity index (χ0n) is 26.4. The van der Waals surface area contributed by atoms with Crippen LogP contribution in [0.4, 0.5) is 0 Å². The average Bonchev–Trinajstić information content (AvgIpc) is 3.61. The van der Waals surface area contributed by atoms with Gasteiger partial charge in [-0.1, -0.05) is 78.5 Å². The van der Waals surface area contributed by atoms with Crippen molar-refractivity contribution < 1.29 is 34.4 Å². The van der Waals surface area contributed by atoms with Crippen molar-refractivity contribution in [2.24, 2.45) is 0 Å². The number of benzene rings is 4. The van der Waals surface area contributed by atoms with Crippen LogP contribution in [0.25, 0.3) is 16.8 Å². The van der Waals surface area contributed by atoms with Gasteiger partial charge >= 0.3 is 5.97 Å². The number of hydrogen-bond donors (Lipinski definition) is 4. The number of nitrogens with one attached hydrogen (secondary N) is 1. The summed E-state index contributed by atoms with van der Waals surface area (Å²) in [6.45, 7) is 0.263. The number of phenols is 1. The Labute approximate surface area is 286 Å². The lowest BCUT2D eigenvalue weighted by atomic mass is 9.99. The van der Waals surface area contributed by atoms with Gasteiger partial charge in [0.2, 0.25) is 11.1 Å². The van der Waals surface area contributed by atoms with Crippen LogP contribution in [0.5, 0.6) is 5.75 Å². The van der Waals surface area contributed by atoms with E-state index in [4.69, 9.17) is 14.6 Å². The van der Waals surface area contributed by atoms with Crippen LogP contribution in [0.2, 0.25) is 0 Å². The van der Waals surface area contributed by atoms with Gasteiger partial charge in [0.25, 0.3) is 0 Å². The number of tetrazole rings is 1. The normalized spacial score (nSPS) is 17.4. The van der Waals surface area contributed by atoms with Gasteiger partial charge in [0.1, 0.15) is 5.75 Å². The molecule has 1 aliphatic heterocycles. The van der Waals surface area contributed by atoms with E-state index in [0.717, 1.165) is 39.1 Å². The highest BCUT2D eigenvalue weighted by Gasteiger charge is 2.32. The lowest BCUT2D eigenvalue weighted by Gasteiger charge is -2.36. The Hall–Kier alpha value is -5.08. The maximum absolute atomic E-state index is 12.0. The predicted molar refractivity (Wildman–Crippen MR) is 181 cm³/mol. The summed E-state index contributed by atoms with van der Waals surface area (Å²) in [5.74, 6) is -0.596. The average molecular weight is 682 g/mol. The molecule has 1 saturated heterocycles. The second-order valence-electron chi connectivity index (χ2n) is 11.5. The maximum Gasteiger partial charge on any atom is 0.303 e. The molecule has 4 N–H and O–H groups in total. The highest BCUT2D eigenvalue weighted by molar-refractivity contribution is 7.99. The highest BCUT2D eigenvalue weighted by Crippen LogP contribution is 2.40. The smallest absolute Gasteiger partial charge is 0.303 e. The van der Waals surface area contributed by atoms with Crippen molar-refractivity contribution in [2.45, 2.75) is 56.1 Å². The predicted octanol–water partition coefficient (Wildman–Crippen LogP) is 5.35. The van der Waals surface area contributed by atoms with Gasteiger partial charge in [-0.05, 0) is 68.6 Å². The molecule has 3 atom stereocenters. The molecule has 49 heavy (non-hydrogen) atoms. The summed E-state index contributed by atoms with van der Waals surface area (Å²) in [7, 11) is 0. The second kappa shape index (κ2) is 15.9. The van der Waals surface area contributed by atoms with Crippen LogP contribution < -0.4 is 5.32 Å². The first-order chi connectivity index (χ1) is 23.8. The fourth-order valence-electron chi connectivity index (χ4n) is 5.42. The molecular formula is C36H35N5O7S. The van der Waals surface area contributed by atoms with E-state index in [9.17, 15) is 19.8 Å². The number of amides is 1. The van der Waals surface area contributed by atoms with Crippen LogP contribution in [0, 0.1) is 0 Å². The maximum atomic E-state index is 12.0. The number of aromatic nitrogens is 4. The Bertz CT molecular complexity index is 1870. The monoisotopic (exact) mass is 681 g/mol. The first-order valence-corrected chi connectivity index (χ1v) is 16.7. The molecule has 3 unspecified atom stereocenters. The number of hydrogen-bond acceptors (Lipinski definition) is 10. The molecule has 1 aromatic heterocycles. The minimum Gasteiger partial charge on any atom is -0.508 e. The SMILES string of the molecule is O=C(O)CCC(=O)NCc1cccc(-c2ccc(C3OC(CSc4nnnn4-c4ccc(O)cc4)CC(c4ccc(CO)cc4)O3)cc2)c1. The van der Waals surface area contributed by atoms with Crippen LogP contribution in [0.3, 0.4) is 0 Å². The van der Waals surface area contributed by atoms with Gasteiger partial charge in [0.05, 0.1) is 30.9 Å². The minimum atomic E-state index is -1.00. The van der Waals surface area contributed by atoms with Crippen LogP contribution >= 0.6 is 11.8 Å². The van der Waals surface area contributed by atoms with E-state index in [1.807, 2.05) is 72.8 Å². The van der Waals surface area contributed by atoms with Gasteiger partial charge in [-0.15, -0.1) is 5.10 Å². The number of ether oxygens (including phenoxy) is 2. The number of nitrogens with zero attached hydrogens (tertiary/aromatic N) is 4. The number of carboxylic acids is 1. The summed E-state index contributed by atoms with van der Waals surface area (Å²) < 4.78 is 14.6. The zero-order chi connectivity index (χ0) is 34.2. The van der Waals surface area contributed by atoms with Gasteiger partial charge in [0, 0.05) is 30.7 Å². The Morgan fingerprint density at radius 2 is 1.63 bits per heavy atom. The molecule has 0 bridgehead atoms. The number of aromatic hydroxyl groups is 1. The minimum absolute atomic E-state index is 0.0385. The largest absolute Gasteiger partial charge is 0.508 e. The number of aliphatic hydroxyl groups excluding tert-OH is 1. The Balaban J connectivity index is 1.16. The van der Waals surface area contributed by atoms with Gasteiger partial charge in [0.15, 0.2) is 6.29 Å². The Morgan fingerprint density at radius 1 is 0.878 bits per heavy atom. The number of carbonyl (C=O) groups excluding carboxylic acids is 1. The molecule has 0 saturated carbocycles. The third kappa shape index (κ3) is 8.89. The van der Waals surface area contributed by atoms with Crippen molar-refractivity contribution in [1.29, 1.82) is 0 Å².